The minimum absolute atomic E-state index is 0.0281. The number of carbonyl (C=O) groups excluding carboxylic acids is 1. The van der Waals surface area contributed by atoms with Crippen molar-refractivity contribution in [1.82, 2.24) is 4.90 Å². The first-order chi connectivity index (χ1) is 7.81. The lowest BCUT2D eigenvalue weighted by Gasteiger charge is -2.26. The number of terminal acetylenes is 1. The summed E-state index contributed by atoms with van der Waals surface area (Å²) >= 11 is 0. The molecule has 0 saturated carbocycles. The number of amides is 1. The van der Waals surface area contributed by atoms with Gasteiger partial charge < -0.3 is 9.64 Å². The predicted molar refractivity (Wildman–Crippen MR) is 61.1 cm³/mol. The Morgan fingerprint density at radius 2 is 2.12 bits per heavy atom. The summed E-state index contributed by atoms with van der Waals surface area (Å²) in [5.41, 5.74) is 1.39. The fourth-order valence-corrected chi connectivity index (χ4v) is 1.69. The molecule has 2 rings (SSSR count). The number of morpholine rings is 1. The molecule has 0 bridgehead atoms. The van der Waals surface area contributed by atoms with Gasteiger partial charge in [0, 0.05) is 24.2 Å². The van der Waals surface area contributed by atoms with Crippen LogP contribution in [0.15, 0.2) is 24.3 Å². The van der Waals surface area contributed by atoms with Crippen molar-refractivity contribution < 1.29 is 9.53 Å². The second-order valence-corrected chi connectivity index (χ2v) is 3.63. The van der Waals surface area contributed by atoms with E-state index in [2.05, 4.69) is 5.92 Å². The van der Waals surface area contributed by atoms with E-state index in [0.29, 0.717) is 31.9 Å². The molecule has 0 aromatic heterocycles. The van der Waals surface area contributed by atoms with E-state index < -0.39 is 0 Å². The Morgan fingerprint density at radius 3 is 2.81 bits per heavy atom. The Balaban J connectivity index is 2.16. The molecule has 0 radical (unpaired) electrons. The van der Waals surface area contributed by atoms with Crippen LogP contribution in [0.4, 0.5) is 0 Å². The number of rotatable bonds is 1. The SMILES string of the molecule is C#Cc1cccc(C(=O)N2CCOCC2)c1. The number of benzene rings is 1. The third-order valence-corrected chi connectivity index (χ3v) is 2.57. The standard InChI is InChI=1S/C13H13NO2/c1-2-11-4-3-5-12(10-11)13(15)14-6-8-16-9-7-14/h1,3-5,10H,6-9H2. The smallest absolute Gasteiger partial charge is 0.254 e. The van der Waals surface area contributed by atoms with E-state index in [0.717, 1.165) is 5.56 Å². The lowest BCUT2D eigenvalue weighted by Crippen LogP contribution is -2.40. The van der Waals surface area contributed by atoms with Gasteiger partial charge >= 0.3 is 0 Å². The van der Waals surface area contributed by atoms with Crippen molar-refractivity contribution in [3.63, 3.8) is 0 Å². The molecule has 82 valence electrons. The maximum absolute atomic E-state index is 12.1. The highest BCUT2D eigenvalue weighted by Gasteiger charge is 2.18. The largest absolute Gasteiger partial charge is 0.378 e. The van der Waals surface area contributed by atoms with Crippen molar-refractivity contribution in [3.05, 3.63) is 35.4 Å². The van der Waals surface area contributed by atoms with Crippen LogP contribution in [0.1, 0.15) is 15.9 Å². The highest BCUT2D eigenvalue weighted by atomic mass is 16.5. The molecule has 1 heterocycles. The van der Waals surface area contributed by atoms with Gasteiger partial charge in [0.25, 0.3) is 5.91 Å². The number of ether oxygens (including phenoxy) is 1. The number of hydrogen-bond donors (Lipinski definition) is 0. The van der Waals surface area contributed by atoms with Crippen LogP contribution < -0.4 is 0 Å². The van der Waals surface area contributed by atoms with Gasteiger partial charge in [0.1, 0.15) is 0 Å². The molecule has 0 atom stereocenters. The lowest BCUT2D eigenvalue weighted by molar-refractivity contribution is 0.0303. The summed E-state index contributed by atoms with van der Waals surface area (Å²) in [6, 6.07) is 7.16. The molecule has 3 nitrogen and oxygen atoms in total. The lowest BCUT2D eigenvalue weighted by atomic mass is 10.1. The fourth-order valence-electron chi connectivity index (χ4n) is 1.69. The molecule has 0 unspecified atom stereocenters. The van der Waals surface area contributed by atoms with Crippen LogP contribution in [0.25, 0.3) is 0 Å². The zero-order valence-corrected chi connectivity index (χ0v) is 8.98. The van der Waals surface area contributed by atoms with Crippen LogP contribution in [0, 0.1) is 12.3 Å². The Labute approximate surface area is 95.0 Å². The zero-order valence-electron chi connectivity index (χ0n) is 8.98. The molecular formula is C13H13NO2. The first kappa shape index (κ1) is 10.7. The van der Waals surface area contributed by atoms with Gasteiger partial charge in [-0.05, 0) is 18.2 Å². The quantitative estimate of drug-likeness (QED) is 0.657. The number of carbonyl (C=O) groups is 1. The van der Waals surface area contributed by atoms with Crippen LogP contribution in [0.5, 0.6) is 0 Å². The Morgan fingerprint density at radius 1 is 1.38 bits per heavy atom. The van der Waals surface area contributed by atoms with Crippen LogP contribution in [0.2, 0.25) is 0 Å². The van der Waals surface area contributed by atoms with Crippen LogP contribution in [-0.2, 0) is 4.74 Å². The Bertz CT molecular complexity index is 428. The second-order valence-electron chi connectivity index (χ2n) is 3.63. The molecule has 3 heteroatoms. The zero-order chi connectivity index (χ0) is 11.4. The summed E-state index contributed by atoms with van der Waals surface area (Å²) in [6.45, 7) is 2.53. The number of nitrogens with zero attached hydrogens (tertiary/aromatic N) is 1. The monoisotopic (exact) mass is 215 g/mol. The first-order valence-corrected chi connectivity index (χ1v) is 5.25. The molecule has 1 fully saturated rings. The summed E-state index contributed by atoms with van der Waals surface area (Å²) in [7, 11) is 0. The molecule has 1 aliphatic rings. The van der Waals surface area contributed by atoms with Crippen molar-refractivity contribution in [1.29, 1.82) is 0 Å². The summed E-state index contributed by atoms with van der Waals surface area (Å²) in [5, 5.41) is 0. The van der Waals surface area contributed by atoms with Crippen LogP contribution in [0.3, 0.4) is 0 Å². The van der Waals surface area contributed by atoms with Crippen LogP contribution >= 0.6 is 0 Å². The summed E-state index contributed by atoms with van der Waals surface area (Å²) in [6.07, 6.45) is 5.30. The normalized spacial score (nSPS) is 15.6. The van der Waals surface area contributed by atoms with E-state index in [1.54, 1.807) is 17.0 Å². The highest BCUT2D eigenvalue weighted by Crippen LogP contribution is 2.09. The van der Waals surface area contributed by atoms with Gasteiger partial charge in [-0.25, -0.2) is 0 Å². The molecule has 1 aromatic carbocycles. The molecule has 0 spiro atoms. The molecule has 1 saturated heterocycles. The third kappa shape index (κ3) is 2.23. The van der Waals surface area contributed by atoms with Crippen molar-refractivity contribution in [2.75, 3.05) is 26.3 Å². The summed E-state index contributed by atoms with van der Waals surface area (Å²) in [5.74, 6) is 2.56. The molecule has 1 aromatic rings. The number of hydrogen-bond acceptors (Lipinski definition) is 2. The minimum Gasteiger partial charge on any atom is -0.378 e. The predicted octanol–water partition coefficient (Wildman–Crippen LogP) is 1.14. The first-order valence-electron chi connectivity index (χ1n) is 5.25. The maximum atomic E-state index is 12.1. The van der Waals surface area contributed by atoms with Crippen molar-refractivity contribution in [2.24, 2.45) is 0 Å². The van der Waals surface area contributed by atoms with E-state index in [-0.39, 0.29) is 5.91 Å². The molecule has 0 N–H and O–H groups in total. The summed E-state index contributed by atoms with van der Waals surface area (Å²) < 4.78 is 5.20. The van der Waals surface area contributed by atoms with Crippen molar-refractivity contribution in [3.8, 4) is 12.3 Å². The van der Waals surface area contributed by atoms with Gasteiger partial charge in [-0.1, -0.05) is 12.0 Å². The Hall–Kier alpha value is -1.79. The van der Waals surface area contributed by atoms with E-state index in [9.17, 15) is 4.79 Å². The van der Waals surface area contributed by atoms with Crippen molar-refractivity contribution in [2.45, 2.75) is 0 Å². The van der Waals surface area contributed by atoms with Crippen molar-refractivity contribution >= 4 is 5.91 Å². The van der Waals surface area contributed by atoms with E-state index in [1.165, 1.54) is 0 Å². The molecule has 0 aliphatic carbocycles. The average molecular weight is 215 g/mol. The van der Waals surface area contributed by atoms with Gasteiger partial charge in [-0.3, -0.25) is 4.79 Å². The topological polar surface area (TPSA) is 29.5 Å². The fraction of sp³-hybridized carbons (Fsp3) is 0.308. The van der Waals surface area contributed by atoms with E-state index >= 15 is 0 Å². The Kier molecular flexibility index (Phi) is 3.23. The third-order valence-electron chi connectivity index (χ3n) is 2.57. The molecule has 1 aliphatic heterocycles. The average Bonchev–Trinajstić information content (AvgIpc) is 2.39. The van der Waals surface area contributed by atoms with E-state index in [1.807, 2.05) is 12.1 Å². The van der Waals surface area contributed by atoms with E-state index in [4.69, 9.17) is 11.2 Å². The van der Waals surface area contributed by atoms with Gasteiger partial charge in [0.2, 0.25) is 0 Å². The molecule has 1 amide bonds. The van der Waals surface area contributed by atoms with Gasteiger partial charge in [0.15, 0.2) is 0 Å². The second kappa shape index (κ2) is 4.82. The minimum atomic E-state index is 0.0281. The molecular weight excluding hydrogens is 202 g/mol. The van der Waals surface area contributed by atoms with Gasteiger partial charge in [0.05, 0.1) is 13.2 Å². The maximum Gasteiger partial charge on any atom is 0.254 e. The van der Waals surface area contributed by atoms with Gasteiger partial charge in [-0.2, -0.15) is 0 Å². The van der Waals surface area contributed by atoms with Gasteiger partial charge in [-0.15, -0.1) is 6.42 Å². The van der Waals surface area contributed by atoms with Crippen LogP contribution in [-0.4, -0.2) is 37.1 Å². The highest BCUT2D eigenvalue weighted by molar-refractivity contribution is 5.94. The molecule has 16 heavy (non-hydrogen) atoms. The summed E-state index contributed by atoms with van der Waals surface area (Å²) in [4.78, 5) is 13.9.